The highest BCUT2D eigenvalue weighted by atomic mass is 16.5. The molecular weight excluding hydrogens is 212 g/mol. The Labute approximate surface area is 105 Å². The molecule has 0 aromatic rings. The van der Waals surface area contributed by atoms with Crippen LogP contribution in [0.2, 0.25) is 0 Å². The lowest BCUT2D eigenvalue weighted by atomic mass is 9.79. The quantitative estimate of drug-likeness (QED) is 0.700. The summed E-state index contributed by atoms with van der Waals surface area (Å²) in [5.74, 6) is 1.60. The van der Waals surface area contributed by atoms with Gasteiger partial charge in [0.25, 0.3) is 0 Å². The number of hydrogen-bond acceptors (Lipinski definition) is 2. The van der Waals surface area contributed by atoms with E-state index in [2.05, 4.69) is 13.8 Å². The van der Waals surface area contributed by atoms with Crippen LogP contribution in [-0.4, -0.2) is 18.0 Å². The fourth-order valence-corrected chi connectivity index (χ4v) is 3.19. The largest absolute Gasteiger partial charge is 0.364 e. The Morgan fingerprint density at radius 2 is 1.47 bits per heavy atom. The molecule has 2 rings (SSSR count). The second-order valence-corrected chi connectivity index (χ2v) is 6.36. The van der Waals surface area contributed by atoms with Crippen molar-refractivity contribution in [3.05, 3.63) is 0 Å². The molecule has 0 heterocycles. The van der Waals surface area contributed by atoms with Gasteiger partial charge in [-0.3, -0.25) is 0 Å². The van der Waals surface area contributed by atoms with Crippen LogP contribution >= 0.6 is 0 Å². The highest BCUT2D eigenvalue weighted by Crippen LogP contribution is 2.37. The summed E-state index contributed by atoms with van der Waals surface area (Å²) >= 11 is 0. The molecular formula is C15H26O2. The van der Waals surface area contributed by atoms with Gasteiger partial charge in [0.05, 0.1) is 6.10 Å². The third kappa shape index (κ3) is 3.31. The van der Waals surface area contributed by atoms with Crippen LogP contribution in [0.1, 0.15) is 65.2 Å². The molecule has 0 spiro atoms. The average Bonchev–Trinajstić information content (AvgIpc) is 2.35. The van der Waals surface area contributed by atoms with Crippen LogP contribution in [0, 0.1) is 11.8 Å². The Hall–Kier alpha value is -0.370. The van der Waals surface area contributed by atoms with Crippen molar-refractivity contribution >= 4 is 6.29 Å². The third-order valence-corrected chi connectivity index (χ3v) is 4.70. The molecule has 0 bridgehead atoms. The molecule has 0 aromatic heterocycles. The number of aldehydes is 1. The third-order valence-electron chi connectivity index (χ3n) is 4.70. The van der Waals surface area contributed by atoms with E-state index < -0.39 is 5.60 Å². The van der Waals surface area contributed by atoms with Crippen LogP contribution < -0.4 is 0 Å². The Morgan fingerprint density at radius 3 is 2.00 bits per heavy atom. The van der Waals surface area contributed by atoms with E-state index in [-0.39, 0.29) is 0 Å². The first-order valence-corrected chi connectivity index (χ1v) is 7.28. The van der Waals surface area contributed by atoms with E-state index in [1.807, 2.05) is 0 Å². The summed E-state index contributed by atoms with van der Waals surface area (Å²) in [5.41, 5.74) is -0.433. The fraction of sp³-hybridized carbons (Fsp3) is 0.933. The van der Waals surface area contributed by atoms with Crippen molar-refractivity contribution in [3.8, 4) is 0 Å². The van der Waals surface area contributed by atoms with Crippen LogP contribution in [0.15, 0.2) is 0 Å². The van der Waals surface area contributed by atoms with Crippen LogP contribution in [0.5, 0.6) is 0 Å². The summed E-state index contributed by atoms with van der Waals surface area (Å²) in [4.78, 5) is 11.4. The van der Waals surface area contributed by atoms with E-state index in [9.17, 15) is 4.79 Å². The molecule has 0 unspecified atom stereocenters. The maximum Gasteiger partial charge on any atom is 0.151 e. The van der Waals surface area contributed by atoms with E-state index in [0.29, 0.717) is 6.10 Å². The van der Waals surface area contributed by atoms with Crippen molar-refractivity contribution < 1.29 is 9.53 Å². The van der Waals surface area contributed by atoms with Gasteiger partial charge in [0.1, 0.15) is 5.60 Å². The molecule has 0 amide bonds. The maximum atomic E-state index is 11.4. The van der Waals surface area contributed by atoms with Gasteiger partial charge in [-0.2, -0.15) is 0 Å². The number of rotatable bonds is 3. The van der Waals surface area contributed by atoms with E-state index in [1.54, 1.807) is 0 Å². The zero-order valence-corrected chi connectivity index (χ0v) is 11.3. The number of carbonyl (C=O) groups is 1. The standard InChI is InChI=1S/C15H26O2/c1-12-3-5-14(6-4-12)17-15(11-16)9-7-13(2)8-10-15/h11-14H,3-10H2,1-2H3. The molecule has 0 radical (unpaired) electrons. The molecule has 0 atom stereocenters. The lowest BCUT2D eigenvalue weighted by Gasteiger charge is -2.39. The molecule has 98 valence electrons. The first-order valence-electron chi connectivity index (χ1n) is 7.28. The van der Waals surface area contributed by atoms with Gasteiger partial charge in [-0.25, -0.2) is 0 Å². The molecule has 17 heavy (non-hydrogen) atoms. The maximum absolute atomic E-state index is 11.4. The summed E-state index contributed by atoms with van der Waals surface area (Å²) in [7, 11) is 0. The van der Waals surface area contributed by atoms with Gasteiger partial charge in [0, 0.05) is 0 Å². The summed E-state index contributed by atoms with van der Waals surface area (Å²) in [6.07, 6.45) is 10.4. The minimum atomic E-state index is -0.433. The molecule has 2 saturated carbocycles. The monoisotopic (exact) mass is 238 g/mol. The van der Waals surface area contributed by atoms with Crippen molar-refractivity contribution in [1.29, 1.82) is 0 Å². The predicted molar refractivity (Wildman–Crippen MR) is 68.9 cm³/mol. The minimum absolute atomic E-state index is 0.338. The molecule has 2 nitrogen and oxygen atoms in total. The molecule has 0 aromatic carbocycles. The molecule has 2 aliphatic rings. The Morgan fingerprint density at radius 1 is 0.941 bits per heavy atom. The van der Waals surface area contributed by atoms with Crippen molar-refractivity contribution in [3.63, 3.8) is 0 Å². The number of carbonyl (C=O) groups excluding carboxylic acids is 1. The van der Waals surface area contributed by atoms with Crippen molar-refractivity contribution in [2.75, 3.05) is 0 Å². The zero-order valence-electron chi connectivity index (χ0n) is 11.3. The SMILES string of the molecule is CC1CCC(OC2(C=O)CCC(C)CC2)CC1. The predicted octanol–water partition coefficient (Wildman–Crippen LogP) is 3.73. The van der Waals surface area contributed by atoms with Crippen molar-refractivity contribution in [2.45, 2.75) is 76.9 Å². The van der Waals surface area contributed by atoms with Crippen molar-refractivity contribution in [2.24, 2.45) is 11.8 Å². The second-order valence-electron chi connectivity index (χ2n) is 6.36. The Kier molecular flexibility index (Phi) is 4.24. The second kappa shape index (κ2) is 5.51. The molecule has 2 fully saturated rings. The smallest absolute Gasteiger partial charge is 0.151 e. The Bertz CT molecular complexity index is 246. The molecule has 0 saturated heterocycles. The first-order chi connectivity index (χ1) is 8.13. The Balaban J connectivity index is 1.88. The van der Waals surface area contributed by atoms with Gasteiger partial charge >= 0.3 is 0 Å². The van der Waals surface area contributed by atoms with Gasteiger partial charge in [0.15, 0.2) is 6.29 Å². The van der Waals surface area contributed by atoms with Crippen LogP contribution in [0.25, 0.3) is 0 Å². The summed E-state index contributed by atoms with van der Waals surface area (Å²) in [6, 6.07) is 0. The van der Waals surface area contributed by atoms with Gasteiger partial charge in [-0.15, -0.1) is 0 Å². The van der Waals surface area contributed by atoms with Crippen molar-refractivity contribution in [1.82, 2.24) is 0 Å². The van der Waals surface area contributed by atoms with Gasteiger partial charge in [-0.05, 0) is 63.2 Å². The van der Waals surface area contributed by atoms with Crippen LogP contribution in [-0.2, 0) is 9.53 Å². The van der Waals surface area contributed by atoms with Gasteiger partial charge < -0.3 is 9.53 Å². The lowest BCUT2D eigenvalue weighted by molar-refractivity contribution is -0.152. The highest BCUT2D eigenvalue weighted by molar-refractivity contribution is 5.62. The van der Waals surface area contributed by atoms with Crippen LogP contribution in [0.4, 0.5) is 0 Å². The topological polar surface area (TPSA) is 26.3 Å². The summed E-state index contributed by atoms with van der Waals surface area (Å²) in [5, 5.41) is 0. The summed E-state index contributed by atoms with van der Waals surface area (Å²) < 4.78 is 6.20. The number of hydrogen-bond donors (Lipinski definition) is 0. The minimum Gasteiger partial charge on any atom is -0.364 e. The van der Waals surface area contributed by atoms with E-state index in [0.717, 1.165) is 56.6 Å². The molecule has 2 heteroatoms. The highest BCUT2D eigenvalue weighted by Gasteiger charge is 2.37. The van der Waals surface area contributed by atoms with E-state index in [4.69, 9.17) is 4.74 Å². The molecule has 0 aliphatic heterocycles. The van der Waals surface area contributed by atoms with E-state index in [1.165, 1.54) is 12.8 Å². The summed E-state index contributed by atoms with van der Waals surface area (Å²) in [6.45, 7) is 4.59. The van der Waals surface area contributed by atoms with Gasteiger partial charge in [0.2, 0.25) is 0 Å². The molecule has 0 N–H and O–H groups in total. The number of ether oxygens (including phenoxy) is 1. The van der Waals surface area contributed by atoms with E-state index >= 15 is 0 Å². The average molecular weight is 238 g/mol. The lowest BCUT2D eigenvalue weighted by Crippen LogP contribution is -2.42. The fourth-order valence-electron chi connectivity index (χ4n) is 3.19. The van der Waals surface area contributed by atoms with Crippen LogP contribution in [0.3, 0.4) is 0 Å². The zero-order chi connectivity index (χ0) is 12.3. The molecule has 2 aliphatic carbocycles. The van der Waals surface area contributed by atoms with Gasteiger partial charge in [-0.1, -0.05) is 13.8 Å². The normalized spacial score (nSPS) is 43.3. The first kappa shape index (κ1) is 13.1.